The van der Waals surface area contributed by atoms with Gasteiger partial charge in [-0.25, -0.2) is 0 Å². The van der Waals surface area contributed by atoms with Crippen molar-refractivity contribution in [1.29, 1.82) is 0 Å². The van der Waals surface area contributed by atoms with E-state index < -0.39 is 0 Å². The van der Waals surface area contributed by atoms with Gasteiger partial charge in [-0.15, -0.1) is 0 Å². The van der Waals surface area contributed by atoms with E-state index in [0.29, 0.717) is 31.5 Å². The van der Waals surface area contributed by atoms with E-state index in [-0.39, 0.29) is 29.3 Å². The third-order valence-corrected chi connectivity index (χ3v) is 10.3. The van der Waals surface area contributed by atoms with Gasteiger partial charge in [0.05, 0.1) is 19.7 Å². The Morgan fingerprint density at radius 3 is 2.67 bits per heavy atom. The Labute approximate surface area is 239 Å². The van der Waals surface area contributed by atoms with Gasteiger partial charge in [0.25, 0.3) is 0 Å². The van der Waals surface area contributed by atoms with Crippen molar-refractivity contribution < 1.29 is 19.1 Å². The van der Waals surface area contributed by atoms with Crippen LogP contribution in [0.2, 0.25) is 0 Å². The van der Waals surface area contributed by atoms with Crippen molar-refractivity contribution in [2.45, 2.75) is 95.2 Å². The van der Waals surface area contributed by atoms with Crippen molar-refractivity contribution in [3.63, 3.8) is 0 Å². The maximum absolute atomic E-state index is 13.7. The fourth-order valence-corrected chi connectivity index (χ4v) is 8.72. The summed E-state index contributed by atoms with van der Waals surface area (Å²) in [5.74, 6) is 2.63. The first-order valence-corrected chi connectivity index (χ1v) is 15.4. The number of ketones is 1. The molecule has 214 valence electrons. The Kier molecular flexibility index (Phi) is 7.64. The van der Waals surface area contributed by atoms with E-state index in [1.54, 1.807) is 14.0 Å². The highest BCUT2D eigenvalue weighted by Gasteiger charge is 2.66. The van der Waals surface area contributed by atoms with Crippen LogP contribution in [0.4, 0.5) is 0 Å². The minimum absolute atomic E-state index is 0.0566. The number of carbonyl (C=O) groups is 2. The van der Waals surface area contributed by atoms with Crippen LogP contribution in [0.5, 0.6) is 11.5 Å². The first-order valence-electron chi connectivity index (χ1n) is 15.4. The lowest BCUT2D eigenvalue weighted by molar-refractivity contribution is -0.143. The molecule has 40 heavy (non-hydrogen) atoms. The van der Waals surface area contributed by atoms with E-state index in [4.69, 9.17) is 9.47 Å². The monoisotopic (exact) mass is 544 g/mol. The number of hydrogen-bond acceptors (Lipinski definition) is 5. The Morgan fingerprint density at radius 2 is 1.93 bits per heavy atom. The number of ether oxygens (including phenoxy) is 2. The molecular weight excluding hydrogens is 500 g/mol. The number of nitrogens with zero attached hydrogens (tertiary/aromatic N) is 2. The molecule has 6 rings (SSSR count). The molecule has 2 aliphatic heterocycles. The number of hydrogen-bond donors (Lipinski definition) is 0. The SMILES string of the molecule is CCN(C(=O)CCCCCc1ccccc1)[C@@H]1CC[C@H]2[C@H]3Cc4ccc(OC)c5c4[C@@]2(CCN3CC(C)=O)[C@H]1O5. The summed E-state index contributed by atoms with van der Waals surface area (Å²) in [5.41, 5.74) is 3.92. The highest BCUT2D eigenvalue weighted by molar-refractivity contribution is 5.78. The summed E-state index contributed by atoms with van der Waals surface area (Å²) < 4.78 is 12.8. The van der Waals surface area contributed by atoms with Crippen molar-refractivity contribution in [3.05, 3.63) is 59.2 Å². The zero-order valence-corrected chi connectivity index (χ0v) is 24.4. The molecule has 2 aromatic rings. The second-order valence-corrected chi connectivity index (χ2v) is 12.4. The molecular formula is C34H44N2O4. The van der Waals surface area contributed by atoms with E-state index in [9.17, 15) is 9.59 Å². The number of benzene rings is 2. The van der Waals surface area contributed by atoms with Crippen LogP contribution < -0.4 is 9.47 Å². The van der Waals surface area contributed by atoms with Crippen molar-refractivity contribution in [1.82, 2.24) is 9.80 Å². The van der Waals surface area contributed by atoms with E-state index in [1.807, 2.05) is 6.07 Å². The minimum Gasteiger partial charge on any atom is -0.493 e. The summed E-state index contributed by atoms with van der Waals surface area (Å²) in [7, 11) is 1.72. The molecule has 2 aromatic carbocycles. The first kappa shape index (κ1) is 27.3. The number of aryl methyl sites for hydroxylation is 1. The molecule has 2 heterocycles. The van der Waals surface area contributed by atoms with Crippen LogP contribution >= 0.6 is 0 Å². The molecule has 5 atom stereocenters. The topological polar surface area (TPSA) is 59.1 Å². The highest BCUT2D eigenvalue weighted by Crippen LogP contribution is 2.64. The van der Waals surface area contributed by atoms with Crippen molar-refractivity contribution in [2.75, 3.05) is 26.7 Å². The third kappa shape index (κ3) is 4.52. The smallest absolute Gasteiger partial charge is 0.222 e. The molecule has 0 N–H and O–H groups in total. The Balaban J connectivity index is 1.22. The number of carbonyl (C=O) groups excluding carboxylic acids is 2. The van der Waals surface area contributed by atoms with E-state index in [2.05, 4.69) is 53.1 Å². The van der Waals surface area contributed by atoms with E-state index in [0.717, 1.165) is 69.4 Å². The van der Waals surface area contributed by atoms with Gasteiger partial charge in [-0.3, -0.25) is 14.5 Å². The van der Waals surface area contributed by atoms with Gasteiger partial charge in [-0.05, 0) is 88.4 Å². The molecule has 0 unspecified atom stereocenters. The summed E-state index contributed by atoms with van der Waals surface area (Å²) in [5, 5.41) is 0. The van der Waals surface area contributed by atoms with Crippen molar-refractivity contribution in [3.8, 4) is 11.5 Å². The number of methoxy groups -OCH3 is 1. The predicted molar refractivity (Wildman–Crippen MR) is 156 cm³/mol. The minimum atomic E-state index is -0.123. The number of amides is 1. The Hall–Kier alpha value is -2.86. The number of likely N-dealkylation sites (N-methyl/N-ethyl adjacent to an activating group) is 1. The molecule has 2 bridgehead atoms. The van der Waals surface area contributed by atoms with Gasteiger partial charge in [0.15, 0.2) is 11.5 Å². The van der Waals surface area contributed by atoms with E-state index >= 15 is 0 Å². The van der Waals surface area contributed by atoms with Gasteiger partial charge in [-0.1, -0.05) is 42.8 Å². The number of unbranched alkanes of at least 4 members (excludes halogenated alkanes) is 2. The fraction of sp³-hybridized carbons (Fsp3) is 0.588. The van der Waals surface area contributed by atoms with Gasteiger partial charge >= 0.3 is 0 Å². The number of likely N-dealkylation sites (tertiary alicyclic amines) is 1. The largest absolute Gasteiger partial charge is 0.493 e. The van der Waals surface area contributed by atoms with Crippen LogP contribution in [-0.4, -0.2) is 66.4 Å². The summed E-state index contributed by atoms with van der Waals surface area (Å²) in [6.07, 6.45) is 8.61. The summed E-state index contributed by atoms with van der Waals surface area (Å²) in [4.78, 5) is 30.4. The van der Waals surface area contributed by atoms with Gasteiger partial charge in [-0.2, -0.15) is 0 Å². The average molecular weight is 545 g/mol. The maximum atomic E-state index is 13.7. The Bertz CT molecular complexity index is 1250. The van der Waals surface area contributed by atoms with Gasteiger partial charge in [0.2, 0.25) is 5.91 Å². The lowest BCUT2D eigenvalue weighted by atomic mass is 9.51. The summed E-state index contributed by atoms with van der Waals surface area (Å²) in [6, 6.07) is 15.3. The highest BCUT2D eigenvalue weighted by atomic mass is 16.5. The van der Waals surface area contributed by atoms with Gasteiger partial charge in [0.1, 0.15) is 11.9 Å². The quantitative estimate of drug-likeness (QED) is 0.357. The van der Waals surface area contributed by atoms with Crippen LogP contribution in [0.15, 0.2) is 42.5 Å². The van der Waals surface area contributed by atoms with Crippen molar-refractivity contribution in [2.24, 2.45) is 5.92 Å². The maximum Gasteiger partial charge on any atom is 0.222 e. The molecule has 1 amide bonds. The molecule has 1 spiro atoms. The average Bonchev–Trinajstić information content (AvgIpc) is 3.30. The lowest BCUT2D eigenvalue weighted by Crippen LogP contribution is -2.69. The molecule has 1 saturated heterocycles. The molecule has 6 nitrogen and oxygen atoms in total. The molecule has 6 heteroatoms. The molecule has 4 aliphatic rings. The van der Waals surface area contributed by atoms with Crippen LogP contribution in [-0.2, 0) is 27.8 Å². The molecule has 2 fully saturated rings. The third-order valence-electron chi connectivity index (χ3n) is 10.3. The van der Waals surface area contributed by atoms with E-state index in [1.165, 1.54) is 16.7 Å². The van der Waals surface area contributed by atoms with Gasteiger partial charge < -0.3 is 14.4 Å². The van der Waals surface area contributed by atoms with Gasteiger partial charge in [0, 0.05) is 30.0 Å². The lowest BCUT2D eigenvalue weighted by Gasteiger charge is -2.60. The molecule has 0 radical (unpaired) electrons. The second-order valence-electron chi connectivity index (χ2n) is 12.4. The predicted octanol–water partition coefficient (Wildman–Crippen LogP) is 5.34. The summed E-state index contributed by atoms with van der Waals surface area (Å²) in [6.45, 7) is 5.94. The summed E-state index contributed by atoms with van der Waals surface area (Å²) >= 11 is 0. The van der Waals surface area contributed by atoms with Crippen LogP contribution in [0.3, 0.4) is 0 Å². The van der Waals surface area contributed by atoms with Crippen LogP contribution in [0.25, 0.3) is 0 Å². The van der Waals surface area contributed by atoms with Crippen molar-refractivity contribution >= 4 is 11.7 Å². The number of piperidine rings is 1. The molecule has 2 aliphatic carbocycles. The fourth-order valence-electron chi connectivity index (χ4n) is 8.72. The number of rotatable bonds is 11. The first-order chi connectivity index (χ1) is 19.5. The Morgan fingerprint density at radius 1 is 1.10 bits per heavy atom. The van der Waals surface area contributed by atoms with Crippen LogP contribution in [0.1, 0.15) is 75.5 Å². The standard InChI is InChI=1S/C34H44N2O4/c1-4-36(30(38)14-10-6-9-13-24-11-7-5-8-12-24)27-17-16-26-28-21-25-15-18-29(39-3)32-31(25)34(26,33(27)40-32)19-20-35(28)22-23(2)37/h5,7-8,11-12,15,18,26-28,33H,4,6,9-10,13-14,16-17,19-22H2,1-3H3/t26-,27+,28+,33-,34-/m0/s1. The molecule has 1 saturated carbocycles. The zero-order chi connectivity index (χ0) is 27.9. The molecule has 0 aromatic heterocycles. The van der Waals surface area contributed by atoms with Crippen LogP contribution in [0, 0.1) is 5.92 Å². The zero-order valence-electron chi connectivity index (χ0n) is 24.4. The normalized spacial score (nSPS) is 28.0. The number of Topliss-reactive ketones (excluding diaryl/α,β-unsaturated/α-hetero) is 1. The second kappa shape index (κ2) is 11.2.